The van der Waals surface area contributed by atoms with Crippen LogP contribution in [0, 0.1) is 11.8 Å². The van der Waals surface area contributed by atoms with Crippen molar-refractivity contribution in [3.63, 3.8) is 0 Å². The second-order valence-electron chi connectivity index (χ2n) is 9.30. The predicted octanol–water partition coefficient (Wildman–Crippen LogP) is 1.83. The second-order valence-corrected chi connectivity index (χ2v) is 10.4. The lowest BCUT2D eigenvalue weighted by molar-refractivity contribution is 0.0621. The summed E-state index contributed by atoms with van der Waals surface area (Å²) in [5.41, 5.74) is 1.22. The molecule has 2 saturated heterocycles. The molecule has 170 valence electrons. The maximum Gasteiger partial charge on any atom is 0.272 e. The molecule has 32 heavy (non-hydrogen) atoms. The van der Waals surface area contributed by atoms with Crippen molar-refractivity contribution >= 4 is 23.2 Å². The van der Waals surface area contributed by atoms with Gasteiger partial charge in [0.05, 0.1) is 11.2 Å². The summed E-state index contributed by atoms with van der Waals surface area (Å²) in [5.74, 6) is 0.756. The number of H-pyrrole nitrogens is 1. The number of nitrogens with zero attached hydrogens (tertiary/aromatic N) is 4. The van der Waals surface area contributed by atoms with Gasteiger partial charge in [0.1, 0.15) is 5.69 Å². The fraction of sp³-hybridized carbons (Fsp3) is 0.565. The highest BCUT2D eigenvalue weighted by Crippen LogP contribution is 2.34. The van der Waals surface area contributed by atoms with Gasteiger partial charge in [-0.1, -0.05) is 0 Å². The lowest BCUT2D eigenvalue weighted by atomic mass is 9.85. The van der Waals surface area contributed by atoms with Crippen molar-refractivity contribution in [2.24, 2.45) is 11.8 Å². The van der Waals surface area contributed by atoms with Crippen LogP contribution in [0.4, 0.5) is 0 Å². The Morgan fingerprint density at radius 2 is 1.84 bits per heavy atom. The van der Waals surface area contributed by atoms with Crippen molar-refractivity contribution < 1.29 is 9.59 Å². The summed E-state index contributed by atoms with van der Waals surface area (Å²) in [6.07, 6.45) is 5.32. The first-order valence-electron chi connectivity index (χ1n) is 11.4. The molecule has 0 aromatic carbocycles. The van der Waals surface area contributed by atoms with Crippen molar-refractivity contribution in [2.45, 2.75) is 32.2 Å². The number of rotatable bonds is 3. The Morgan fingerprint density at radius 1 is 1.06 bits per heavy atom. The minimum atomic E-state index is -0.317. The number of thiophene rings is 1. The molecule has 5 rings (SSSR count). The van der Waals surface area contributed by atoms with E-state index in [1.807, 2.05) is 4.90 Å². The zero-order chi connectivity index (χ0) is 22.2. The summed E-state index contributed by atoms with van der Waals surface area (Å²) >= 11 is 1.66. The lowest BCUT2D eigenvalue weighted by Gasteiger charge is -2.35. The molecular formula is C23H29N5O3S. The fourth-order valence-electron chi connectivity index (χ4n) is 5.29. The smallest absolute Gasteiger partial charge is 0.272 e. The van der Waals surface area contributed by atoms with E-state index in [9.17, 15) is 14.4 Å². The molecule has 2 fully saturated rings. The van der Waals surface area contributed by atoms with Crippen LogP contribution in [-0.4, -0.2) is 76.3 Å². The van der Waals surface area contributed by atoms with Gasteiger partial charge in [-0.15, -0.1) is 11.3 Å². The van der Waals surface area contributed by atoms with Gasteiger partial charge in [-0.2, -0.15) is 0 Å². The number of likely N-dealkylation sites (tertiary alicyclic amines) is 2. The largest absolute Gasteiger partial charge is 0.338 e. The van der Waals surface area contributed by atoms with Crippen molar-refractivity contribution in [3.8, 4) is 0 Å². The summed E-state index contributed by atoms with van der Waals surface area (Å²) in [6.45, 7) is 4.89. The number of carbonyl (C=O) groups is 2. The molecule has 0 spiro atoms. The summed E-state index contributed by atoms with van der Waals surface area (Å²) in [7, 11) is 2.13. The number of nitrogens with one attached hydrogen (secondary N) is 1. The van der Waals surface area contributed by atoms with E-state index in [0.717, 1.165) is 56.7 Å². The number of hydrogen-bond acceptors (Lipinski definition) is 6. The molecule has 3 aliphatic heterocycles. The van der Waals surface area contributed by atoms with Crippen LogP contribution in [0.3, 0.4) is 0 Å². The van der Waals surface area contributed by atoms with Crippen LogP contribution in [0.2, 0.25) is 0 Å². The van der Waals surface area contributed by atoms with E-state index >= 15 is 0 Å². The number of hydrogen-bond donors (Lipinski definition) is 1. The third-order valence-corrected chi connectivity index (χ3v) is 8.25. The minimum absolute atomic E-state index is 0.162. The molecule has 2 aromatic rings. The number of piperidine rings is 1. The summed E-state index contributed by atoms with van der Waals surface area (Å²) < 4.78 is 0. The number of likely N-dealkylation sites (N-methyl/N-ethyl adjacent to an activating group) is 1. The molecule has 0 radical (unpaired) electrons. The van der Waals surface area contributed by atoms with Crippen LogP contribution in [0.15, 0.2) is 23.3 Å². The van der Waals surface area contributed by atoms with E-state index < -0.39 is 0 Å². The number of carbonyl (C=O) groups excluding carboxylic acids is 2. The maximum atomic E-state index is 13.3. The van der Waals surface area contributed by atoms with Gasteiger partial charge in [-0.3, -0.25) is 14.4 Å². The van der Waals surface area contributed by atoms with Gasteiger partial charge in [0, 0.05) is 50.2 Å². The highest BCUT2D eigenvalue weighted by molar-refractivity contribution is 7.14. The van der Waals surface area contributed by atoms with Crippen LogP contribution < -0.4 is 5.56 Å². The predicted molar refractivity (Wildman–Crippen MR) is 122 cm³/mol. The number of aromatic nitrogens is 2. The highest BCUT2D eigenvalue weighted by Gasteiger charge is 2.36. The topological polar surface area (TPSA) is 89.6 Å². The van der Waals surface area contributed by atoms with E-state index in [0.29, 0.717) is 24.9 Å². The van der Waals surface area contributed by atoms with Crippen molar-refractivity contribution in [3.05, 3.63) is 49.8 Å². The SMILES string of the molecule is CN1CCc2cc(C(=O)N3CCCC(C4CCN(C(=O)c5cc(=O)[nH]cn5)C4)C3)sc2C1. The average molecular weight is 456 g/mol. The van der Waals surface area contributed by atoms with E-state index in [1.165, 1.54) is 22.8 Å². The Balaban J connectivity index is 1.22. The van der Waals surface area contributed by atoms with Gasteiger partial charge in [-0.05, 0) is 56.2 Å². The summed E-state index contributed by atoms with van der Waals surface area (Å²) in [6, 6.07) is 3.37. The van der Waals surface area contributed by atoms with Crippen molar-refractivity contribution in [1.82, 2.24) is 24.7 Å². The quantitative estimate of drug-likeness (QED) is 0.763. The van der Waals surface area contributed by atoms with Gasteiger partial charge in [-0.25, -0.2) is 4.98 Å². The Bertz CT molecular complexity index is 1080. The molecule has 0 aliphatic carbocycles. The van der Waals surface area contributed by atoms with Crippen molar-refractivity contribution in [1.29, 1.82) is 0 Å². The van der Waals surface area contributed by atoms with Gasteiger partial charge < -0.3 is 19.7 Å². The molecule has 9 heteroatoms. The first-order chi connectivity index (χ1) is 15.5. The van der Waals surface area contributed by atoms with Crippen LogP contribution in [0.1, 0.15) is 49.9 Å². The maximum absolute atomic E-state index is 13.3. The normalized spacial score (nSPS) is 23.9. The molecule has 3 aliphatic rings. The molecule has 0 saturated carbocycles. The van der Waals surface area contributed by atoms with E-state index in [4.69, 9.17) is 0 Å². The van der Waals surface area contributed by atoms with Crippen molar-refractivity contribution in [2.75, 3.05) is 39.8 Å². The van der Waals surface area contributed by atoms with Crippen LogP contribution in [-0.2, 0) is 13.0 Å². The molecule has 1 N–H and O–H groups in total. The van der Waals surface area contributed by atoms with E-state index in [2.05, 4.69) is 28.0 Å². The highest BCUT2D eigenvalue weighted by atomic mass is 32.1. The van der Waals surface area contributed by atoms with Gasteiger partial charge >= 0.3 is 0 Å². The Morgan fingerprint density at radius 3 is 2.66 bits per heavy atom. The lowest BCUT2D eigenvalue weighted by Crippen LogP contribution is -2.42. The Labute approximate surface area is 191 Å². The third kappa shape index (κ3) is 4.23. The fourth-order valence-corrected chi connectivity index (χ4v) is 6.55. The minimum Gasteiger partial charge on any atom is -0.338 e. The van der Waals surface area contributed by atoms with Crippen LogP contribution >= 0.6 is 11.3 Å². The molecule has 2 atom stereocenters. The molecule has 2 amide bonds. The zero-order valence-electron chi connectivity index (χ0n) is 18.4. The zero-order valence-corrected chi connectivity index (χ0v) is 19.2. The van der Waals surface area contributed by atoms with Crippen LogP contribution in [0.25, 0.3) is 0 Å². The Hall–Kier alpha value is -2.52. The van der Waals surface area contributed by atoms with Gasteiger partial charge in [0.25, 0.3) is 17.4 Å². The molecule has 2 aromatic heterocycles. The van der Waals surface area contributed by atoms with Gasteiger partial charge in [0.2, 0.25) is 0 Å². The van der Waals surface area contributed by atoms with E-state index in [1.54, 1.807) is 16.2 Å². The molecular weight excluding hydrogens is 426 g/mol. The first kappa shape index (κ1) is 21.3. The molecule has 5 heterocycles. The average Bonchev–Trinajstić information content (AvgIpc) is 3.45. The molecule has 0 bridgehead atoms. The molecule has 2 unspecified atom stereocenters. The number of fused-ring (bicyclic) bond motifs is 1. The monoisotopic (exact) mass is 455 g/mol. The van der Waals surface area contributed by atoms with Crippen LogP contribution in [0.5, 0.6) is 0 Å². The number of amides is 2. The first-order valence-corrected chi connectivity index (χ1v) is 12.2. The summed E-state index contributed by atoms with van der Waals surface area (Å²) in [5, 5.41) is 0. The standard InChI is InChI=1S/C23H29N5O3S/c1-26-7-4-15-9-19(32-20(15)13-26)23(31)27-6-2-3-16(11-27)17-5-8-28(12-17)22(30)18-10-21(29)25-14-24-18/h9-10,14,16-17H,2-8,11-13H2,1H3,(H,24,25,29). The summed E-state index contributed by atoms with van der Waals surface area (Å²) in [4.78, 5) is 52.3. The Kier molecular flexibility index (Phi) is 5.86. The molecule has 8 nitrogen and oxygen atoms in total. The van der Waals surface area contributed by atoms with E-state index in [-0.39, 0.29) is 23.1 Å². The van der Waals surface area contributed by atoms with Gasteiger partial charge in [0.15, 0.2) is 0 Å². The third-order valence-electron chi connectivity index (χ3n) is 7.10. The number of aromatic amines is 1. The second kappa shape index (κ2) is 8.78.